The van der Waals surface area contributed by atoms with Crippen molar-refractivity contribution in [3.05, 3.63) is 15.6 Å². The van der Waals surface area contributed by atoms with Crippen LogP contribution in [0.15, 0.2) is 0 Å². The predicted octanol–water partition coefficient (Wildman–Crippen LogP) is 1.51. The Morgan fingerprint density at radius 3 is 3.25 bits per heavy atom. The molecule has 0 aromatic carbocycles. The van der Waals surface area contributed by atoms with Crippen LogP contribution in [0.2, 0.25) is 0 Å². The van der Waals surface area contributed by atoms with Gasteiger partial charge in [-0.2, -0.15) is 0 Å². The lowest BCUT2D eigenvalue weighted by molar-refractivity contribution is 0.679. The van der Waals surface area contributed by atoms with E-state index < -0.39 is 10.8 Å². The number of aromatic nitrogens is 1. The fourth-order valence-corrected chi connectivity index (χ4v) is 3.69. The molecule has 0 bridgehead atoms. The van der Waals surface area contributed by atoms with Crippen LogP contribution in [0.25, 0.3) is 0 Å². The first-order chi connectivity index (χ1) is 5.79. The van der Waals surface area contributed by atoms with E-state index >= 15 is 0 Å². The normalized spacial score (nSPS) is 22.2. The summed E-state index contributed by atoms with van der Waals surface area (Å²) in [6, 6.07) is 0. The second kappa shape index (κ2) is 3.26. The average Bonchev–Trinajstić information content (AvgIpc) is 2.46. The highest BCUT2D eigenvalue weighted by Crippen LogP contribution is 2.24. The van der Waals surface area contributed by atoms with Crippen LogP contribution in [-0.2, 0) is 29.4 Å². The Hall–Kier alpha value is -0.220. The highest BCUT2D eigenvalue weighted by atomic mass is 32.2. The van der Waals surface area contributed by atoms with Gasteiger partial charge in [0.1, 0.15) is 0 Å². The Bertz CT molecular complexity index is 319. The molecular formula is C8H11NOS2. The van der Waals surface area contributed by atoms with E-state index in [4.69, 9.17) is 0 Å². The van der Waals surface area contributed by atoms with E-state index in [0.29, 0.717) is 5.75 Å². The first-order valence-electron chi connectivity index (χ1n) is 4.12. The minimum absolute atomic E-state index is 0.646. The van der Waals surface area contributed by atoms with Crippen molar-refractivity contribution >= 4 is 22.1 Å². The summed E-state index contributed by atoms with van der Waals surface area (Å²) in [7, 11) is -0.646. The van der Waals surface area contributed by atoms with Gasteiger partial charge in [-0.15, -0.1) is 11.3 Å². The van der Waals surface area contributed by atoms with E-state index in [-0.39, 0.29) is 0 Å². The van der Waals surface area contributed by atoms with Gasteiger partial charge in [-0.3, -0.25) is 4.21 Å². The maximum Gasteiger partial charge on any atom is 0.0928 e. The molecule has 66 valence electrons. The molecule has 0 saturated heterocycles. The maximum atomic E-state index is 11.2. The summed E-state index contributed by atoms with van der Waals surface area (Å²) >= 11 is 1.79. The molecule has 2 rings (SSSR count). The molecule has 1 aliphatic rings. The van der Waals surface area contributed by atoms with Gasteiger partial charge in [0.05, 0.1) is 16.5 Å². The number of aryl methyl sites for hydroxylation is 2. The van der Waals surface area contributed by atoms with E-state index in [0.717, 1.165) is 24.3 Å². The molecule has 1 aromatic rings. The number of hydrogen-bond donors (Lipinski definition) is 0. The van der Waals surface area contributed by atoms with Gasteiger partial charge in [0.25, 0.3) is 0 Å². The predicted molar refractivity (Wildman–Crippen MR) is 51.9 cm³/mol. The number of rotatable bonds is 1. The van der Waals surface area contributed by atoms with E-state index in [2.05, 4.69) is 11.9 Å². The lowest BCUT2D eigenvalue weighted by Crippen LogP contribution is -2.11. The van der Waals surface area contributed by atoms with E-state index in [1.54, 1.807) is 11.3 Å². The van der Waals surface area contributed by atoms with E-state index in [1.807, 2.05) is 0 Å². The summed E-state index contributed by atoms with van der Waals surface area (Å²) in [5, 5.41) is 1.19. The first-order valence-corrected chi connectivity index (χ1v) is 6.42. The van der Waals surface area contributed by atoms with Gasteiger partial charge in [-0.25, -0.2) is 4.98 Å². The smallest absolute Gasteiger partial charge is 0.0928 e. The standard InChI is InChI=1S/C8H11NOS2/c1-2-8-9-6-5-12(10)4-3-7(6)11-8/h2-5H2,1H3. The molecule has 0 fully saturated rings. The molecule has 1 aliphatic heterocycles. The summed E-state index contributed by atoms with van der Waals surface area (Å²) in [4.78, 5) is 5.81. The number of thiazole rings is 1. The van der Waals surface area contributed by atoms with Crippen molar-refractivity contribution in [1.82, 2.24) is 4.98 Å². The van der Waals surface area contributed by atoms with Gasteiger partial charge >= 0.3 is 0 Å². The molecule has 0 saturated carbocycles. The van der Waals surface area contributed by atoms with Crippen LogP contribution in [0.4, 0.5) is 0 Å². The van der Waals surface area contributed by atoms with Crippen molar-refractivity contribution in [3.63, 3.8) is 0 Å². The molecule has 0 spiro atoms. The number of nitrogens with zero attached hydrogens (tertiary/aromatic N) is 1. The zero-order chi connectivity index (χ0) is 8.55. The average molecular weight is 201 g/mol. The van der Waals surface area contributed by atoms with Crippen molar-refractivity contribution in [1.29, 1.82) is 0 Å². The molecule has 0 amide bonds. The Balaban J connectivity index is 2.34. The van der Waals surface area contributed by atoms with Gasteiger partial charge in [-0.1, -0.05) is 6.92 Å². The second-order valence-electron chi connectivity index (χ2n) is 2.87. The Kier molecular flexibility index (Phi) is 2.28. The summed E-state index contributed by atoms with van der Waals surface area (Å²) < 4.78 is 11.2. The molecule has 4 heteroatoms. The lowest BCUT2D eigenvalue weighted by Gasteiger charge is -2.07. The Morgan fingerprint density at radius 1 is 1.67 bits per heavy atom. The van der Waals surface area contributed by atoms with Crippen molar-refractivity contribution in [2.45, 2.75) is 25.5 Å². The topological polar surface area (TPSA) is 30.0 Å². The van der Waals surface area contributed by atoms with Crippen LogP contribution in [-0.4, -0.2) is 14.9 Å². The quantitative estimate of drug-likeness (QED) is 0.689. The highest BCUT2D eigenvalue weighted by molar-refractivity contribution is 7.84. The Labute approximate surface area is 78.5 Å². The number of fused-ring (bicyclic) bond motifs is 1. The van der Waals surface area contributed by atoms with Crippen molar-refractivity contribution in [3.8, 4) is 0 Å². The fraction of sp³-hybridized carbons (Fsp3) is 0.625. The van der Waals surface area contributed by atoms with Gasteiger partial charge in [0.2, 0.25) is 0 Å². The summed E-state index contributed by atoms with van der Waals surface area (Å²) in [5.74, 6) is 1.52. The molecular weight excluding hydrogens is 190 g/mol. The first kappa shape index (κ1) is 8.38. The van der Waals surface area contributed by atoms with Crippen LogP contribution in [0.3, 0.4) is 0 Å². The third kappa shape index (κ3) is 1.45. The number of hydrogen-bond acceptors (Lipinski definition) is 3. The van der Waals surface area contributed by atoms with E-state index in [9.17, 15) is 4.21 Å². The lowest BCUT2D eigenvalue weighted by atomic mass is 10.3. The minimum atomic E-state index is -0.646. The minimum Gasteiger partial charge on any atom is -0.259 e. The molecule has 0 radical (unpaired) electrons. The molecule has 0 N–H and O–H groups in total. The van der Waals surface area contributed by atoms with Crippen LogP contribution in [0.5, 0.6) is 0 Å². The van der Waals surface area contributed by atoms with Gasteiger partial charge in [0, 0.05) is 21.4 Å². The van der Waals surface area contributed by atoms with Crippen LogP contribution >= 0.6 is 11.3 Å². The van der Waals surface area contributed by atoms with Crippen molar-refractivity contribution in [2.75, 3.05) is 5.75 Å². The molecule has 2 nitrogen and oxygen atoms in total. The summed E-state index contributed by atoms with van der Waals surface area (Å²) in [6.07, 6.45) is 1.98. The summed E-state index contributed by atoms with van der Waals surface area (Å²) in [6.45, 7) is 2.11. The molecule has 0 aliphatic carbocycles. The second-order valence-corrected chi connectivity index (χ2v) is 5.61. The third-order valence-corrected chi connectivity index (χ3v) is 4.54. The van der Waals surface area contributed by atoms with Gasteiger partial charge in [-0.05, 0) is 12.8 Å². The molecule has 1 unspecified atom stereocenters. The van der Waals surface area contributed by atoms with Crippen molar-refractivity contribution in [2.24, 2.45) is 0 Å². The molecule has 1 aromatic heterocycles. The molecule has 12 heavy (non-hydrogen) atoms. The van der Waals surface area contributed by atoms with Crippen molar-refractivity contribution < 1.29 is 4.21 Å². The largest absolute Gasteiger partial charge is 0.259 e. The highest BCUT2D eigenvalue weighted by Gasteiger charge is 2.18. The zero-order valence-electron chi connectivity index (χ0n) is 7.00. The fourth-order valence-electron chi connectivity index (χ4n) is 1.33. The molecule has 2 heterocycles. The van der Waals surface area contributed by atoms with Gasteiger partial charge < -0.3 is 0 Å². The SMILES string of the molecule is CCc1nc2c(s1)CCS(=O)C2. The zero-order valence-corrected chi connectivity index (χ0v) is 8.63. The maximum absolute atomic E-state index is 11.2. The monoisotopic (exact) mass is 201 g/mol. The van der Waals surface area contributed by atoms with Crippen LogP contribution in [0.1, 0.15) is 22.5 Å². The van der Waals surface area contributed by atoms with Crippen LogP contribution in [0, 0.1) is 0 Å². The van der Waals surface area contributed by atoms with E-state index in [1.165, 1.54) is 9.88 Å². The Morgan fingerprint density at radius 2 is 2.50 bits per heavy atom. The van der Waals surface area contributed by atoms with Gasteiger partial charge in [0.15, 0.2) is 0 Å². The molecule has 1 atom stereocenters. The summed E-state index contributed by atoms with van der Waals surface area (Å²) in [5.41, 5.74) is 1.10. The third-order valence-electron chi connectivity index (χ3n) is 1.98. The van der Waals surface area contributed by atoms with Crippen LogP contribution < -0.4 is 0 Å².